The molecule has 194 valence electrons. The lowest BCUT2D eigenvalue weighted by molar-refractivity contribution is -0.138. The molecule has 1 aromatic heterocycles. The minimum Gasteiger partial charge on any atom is -0.332 e. The molecule has 0 N–H and O–H groups in total. The number of aromatic nitrogens is 2. The highest BCUT2D eigenvalue weighted by Gasteiger charge is 2.55. The maximum Gasteiger partial charge on any atom is 0.299 e. The number of halogens is 3. The molecule has 2 aliphatic carbocycles. The largest absolute Gasteiger partial charge is 0.332 e. The number of likely N-dealkylation sites (tertiary alicyclic amines) is 1. The van der Waals surface area contributed by atoms with Gasteiger partial charge in [0, 0.05) is 40.7 Å². The van der Waals surface area contributed by atoms with Gasteiger partial charge in [0.1, 0.15) is 5.82 Å². The first-order valence-electron chi connectivity index (χ1n) is 13.2. The highest BCUT2D eigenvalue weighted by molar-refractivity contribution is 9.10. The number of hydrogen-bond donors (Lipinski definition) is 0. The summed E-state index contributed by atoms with van der Waals surface area (Å²) in [6, 6.07) is 10.3. The average molecular weight is 569 g/mol. The van der Waals surface area contributed by atoms with E-state index in [1.807, 2.05) is 17.7 Å². The second-order valence-corrected chi connectivity index (χ2v) is 12.4. The molecule has 1 amide bonds. The van der Waals surface area contributed by atoms with Crippen molar-refractivity contribution in [2.75, 3.05) is 6.54 Å². The van der Waals surface area contributed by atoms with E-state index < -0.39 is 5.92 Å². The van der Waals surface area contributed by atoms with E-state index in [0.29, 0.717) is 21.2 Å². The fourth-order valence-electron chi connectivity index (χ4n) is 6.56. The third-order valence-electron chi connectivity index (χ3n) is 8.90. The summed E-state index contributed by atoms with van der Waals surface area (Å²) >= 11 is 3.33. The molecule has 37 heavy (non-hydrogen) atoms. The first-order valence-corrected chi connectivity index (χ1v) is 14.0. The van der Waals surface area contributed by atoms with Gasteiger partial charge in [-0.25, -0.2) is 4.98 Å². The number of imidazole rings is 1. The lowest BCUT2D eigenvalue weighted by atomic mass is 9.91. The Labute approximate surface area is 225 Å². The smallest absolute Gasteiger partial charge is 0.299 e. The number of benzene rings is 2. The molecule has 2 aromatic carbocycles. The van der Waals surface area contributed by atoms with Crippen LogP contribution in [0.5, 0.6) is 0 Å². The zero-order valence-electron chi connectivity index (χ0n) is 21.7. The normalized spacial score (nSPS) is 21.4. The summed E-state index contributed by atoms with van der Waals surface area (Å²) in [6.45, 7) is 7.11. The molecule has 1 aliphatic heterocycles. The Morgan fingerprint density at radius 1 is 1.14 bits per heavy atom. The molecule has 7 heteroatoms. The van der Waals surface area contributed by atoms with Crippen molar-refractivity contribution in [3.8, 4) is 22.4 Å². The Morgan fingerprint density at radius 2 is 1.81 bits per heavy atom. The molecule has 2 heterocycles. The molecule has 1 saturated carbocycles. The van der Waals surface area contributed by atoms with Crippen LogP contribution in [-0.2, 0) is 17.8 Å². The van der Waals surface area contributed by atoms with Crippen molar-refractivity contribution >= 4 is 21.8 Å². The fourth-order valence-corrected chi connectivity index (χ4v) is 6.92. The van der Waals surface area contributed by atoms with Gasteiger partial charge in [0.15, 0.2) is 0 Å². The van der Waals surface area contributed by atoms with E-state index in [0.717, 1.165) is 43.7 Å². The van der Waals surface area contributed by atoms with E-state index in [1.54, 1.807) is 30.5 Å². The monoisotopic (exact) mass is 567 g/mol. The summed E-state index contributed by atoms with van der Waals surface area (Å²) in [5.41, 5.74) is 2.91. The van der Waals surface area contributed by atoms with E-state index >= 15 is 8.78 Å². The highest BCUT2D eigenvalue weighted by atomic mass is 79.9. The predicted octanol–water partition coefficient (Wildman–Crippen LogP) is 7.71. The van der Waals surface area contributed by atoms with Gasteiger partial charge in [-0.15, -0.1) is 0 Å². The maximum absolute atomic E-state index is 15.5. The van der Waals surface area contributed by atoms with Crippen molar-refractivity contribution in [2.24, 2.45) is 24.3 Å². The van der Waals surface area contributed by atoms with Gasteiger partial charge in [-0.2, -0.15) is 8.78 Å². The van der Waals surface area contributed by atoms with Crippen LogP contribution < -0.4 is 0 Å². The van der Waals surface area contributed by atoms with Crippen LogP contribution in [-0.4, -0.2) is 26.9 Å². The third kappa shape index (κ3) is 3.79. The molecular formula is C30H32BrF2N3O. The van der Waals surface area contributed by atoms with Gasteiger partial charge < -0.3 is 9.47 Å². The zero-order valence-corrected chi connectivity index (χ0v) is 23.3. The van der Waals surface area contributed by atoms with Crippen LogP contribution in [0.1, 0.15) is 69.4 Å². The first-order chi connectivity index (χ1) is 17.6. The van der Waals surface area contributed by atoms with Crippen LogP contribution in [0.2, 0.25) is 0 Å². The van der Waals surface area contributed by atoms with Crippen molar-refractivity contribution in [3.05, 3.63) is 64.0 Å². The molecule has 2 atom stereocenters. The molecular weight excluding hydrogens is 536 g/mol. The standard InChI is InChI=1S/C30H32BrF2N3O/c1-5-20(17(2)3)28(37)36-16-29(10-11-29)14-25(36)27-34-15-26(35(27)4)18-6-8-21-22-9-7-19(31)13-24(22)30(32,33)23(21)12-18/h6-9,12-13,15,17,20,25H,5,10-11,14,16H2,1-4H3/t20-,25-/m0/s1. The molecule has 1 saturated heterocycles. The van der Waals surface area contributed by atoms with Gasteiger partial charge in [0.25, 0.3) is 5.92 Å². The fraction of sp³-hybridized carbons (Fsp3) is 0.467. The summed E-state index contributed by atoms with van der Waals surface area (Å²) in [7, 11) is 1.94. The van der Waals surface area contributed by atoms with Crippen LogP contribution in [0, 0.1) is 17.3 Å². The number of carbonyl (C=O) groups is 1. The Hall–Kier alpha value is -2.54. The van der Waals surface area contributed by atoms with Crippen molar-refractivity contribution in [3.63, 3.8) is 0 Å². The molecule has 3 aliphatic rings. The van der Waals surface area contributed by atoms with Gasteiger partial charge in [0.05, 0.1) is 17.9 Å². The molecule has 2 fully saturated rings. The van der Waals surface area contributed by atoms with E-state index in [-0.39, 0.29) is 40.3 Å². The SMILES string of the molecule is CC[C@H](C(=O)N1CC2(CC2)C[C@H]1c1ncc(-c2ccc3c(c2)C(F)(F)c2cc(Br)ccc2-3)n1C)C(C)C. The molecule has 0 unspecified atom stereocenters. The van der Waals surface area contributed by atoms with E-state index in [9.17, 15) is 4.79 Å². The van der Waals surface area contributed by atoms with Crippen LogP contribution in [0.3, 0.4) is 0 Å². The van der Waals surface area contributed by atoms with Gasteiger partial charge in [0.2, 0.25) is 5.91 Å². The van der Waals surface area contributed by atoms with Crippen LogP contribution in [0.25, 0.3) is 22.4 Å². The summed E-state index contributed by atoms with van der Waals surface area (Å²) in [5.74, 6) is -1.73. The number of nitrogens with zero attached hydrogens (tertiary/aromatic N) is 3. The van der Waals surface area contributed by atoms with Crippen LogP contribution >= 0.6 is 15.9 Å². The van der Waals surface area contributed by atoms with Crippen molar-refractivity contribution in [1.29, 1.82) is 0 Å². The van der Waals surface area contributed by atoms with Crippen molar-refractivity contribution in [2.45, 2.75) is 58.4 Å². The lowest BCUT2D eigenvalue weighted by Gasteiger charge is -2.30. The first kappa shape index (κ1) is 24.8. The summed E-state index contributed by atoms with van der Waals surface area (Å²) < 4.78 is 33.6. The second-order valence-electron chi connectivity index (χ2n) is 11.5. The highest BCUT2D eigenvalue weighted by Crippen LogP contribution is 2.59. The predicted molar refractivity (Wildman–Crippen MR) is 144 cm³/mol. The second kappa shape index (κ2) is 8.48. The Morgan fingerprint density at radius 3 is 2.46 bits per heavy atom. The van der Waals surface area contributed by atoms with Crippen LogP contribution in [0.4, 0.5) is 8.78 Å². The molecule has 4 nitrogen and oxygen atoms in total. The topological polar surface area (TPSA) is 38.1 Å². The Balaban J connectivity index is 1.36. The maximum atomic E-state index is 15.5. The van der Waals surface area contributed by atoms with E-state index in [1.165, 1.54) is 6.07 Å². The van der Waals surface area contributed by atoms with Gasteiger partial charge in [-0.1, -0.05) is 54.9 Å². The Kier molecular flexibility index (Phi) is 5.68. The quantitative estimate of drug-likeness (QED) is 0.316. The number of rotatable bonds is 5. The summed E-state index contributed by atoms with van der Waals surface area (Å²) in [6.07, 6.45) is 5.82. The van der Waals surface area contributed by atoms with Gasteiger partial charge in [-0.05, 0) is 66.3 Å². The molecule has 0 radical (unpaired) electrons. The van der Waals surface area contributed by atoms with E-state index in [4.69, 9.17) is 4.98 Å². The average Bonchev–Trinajstić information content (AvgIpc) is 3.25. The third-order valence-corrected chi connectivity index (χ3v) is 9.39. The summed E-state index contributed by atoms with van der Waals surface area (Å²) in [5, 5.41) is 0. The number of carbonyl (C=O) groups excluding carboxylic acids is 1. The van der Waals surface area contributed by atoms with Gasteiger partial charge >= 0.3 is 0 Å². The van der Waals surface area contributed by atoms with Crippen LogP contribution in [0.15, 0.2) is 47.1 Å². The number of hydrogen-bond acceptors (Lipinski definition) is 2. The zero-order chi connectivity index (χ0) is 26.3. The lowest BCUT2D eigenvalue weighted by Crippen LogP contribution is -2.38. The minimum atomic E-state index is -3.06. The molecule has 0 bridgehead atoms. The van der Waals surface area contributed by atoms with Gasteiger partial charge in [-0.3, -0.25) is 4.79 Å². The number of fused-ring (bicyclic) bond motifs is 3. The summed E-state index contributed by atoms with van der Waals surface area (Å²) in [4.78, 5) is 20.5. The number of amides is 1. The molecule has 3 aromatic rings. The number of alkyl halides is 2. The van der Waals surface area contributed by atoms with Crippen molar-refractivity contribution in [1.82, 2.24) is 14.5 Å². The minimum absolute atomic E-state index is 0.00301. The van der Waals surface area contributed by atoms with Crippen molar-refractivity contribution < 1.29 is 13.6 Å². The molecule has 6 rings (SSSR count). The van der Waals surface area contributed by atoms with E-state index in [2.05, 4.69) is 41.6 Å². The Bertz CT molecular complexity index is 1410. The molecule has 1 spiro atoms.